The van der Waals surface area contributed by atoms with Crippen LogP contribution in [0.4, 0.5) is 9.59 Å². The van der Waals surface area contributed by atoms with Crippen LogP contribution in [0.3, 0.4) is 0 Å². The molecule has 0 aromatic rings. The number of thiol groups is 2. The van der Waals surface area contributed by atoms with Crippen LogP contribution in [0.1, 0.15) is 8.35 Å². The number of amides is 2. The molecule has 0 aromatic heterocycles. The van der Waals surface area contributed by atoms with E-state index in [4.69, 9.17) is 4.79 Å². The second-order valence-corrected chi connectivity index (χ2v) is 2.02. The van der Waals surface area contributed by atoms with Crippen LogP contribution in [-0.2, 0) is 0 Å². The van der Waals surface area contributed by atoms with E-state index in [0.717, 1.165) is 0 Å². The summed E-state index contributed by atoms with van der Waals surface area (Å²) in [5.74, 6) is 0. The van der Waals surface area contributed by atoms with Gasteiger partial charge in [-0.05, 0) is 6.92 Å². The summed E-state index contributed by atoms with van der Waals surface area (Å²) in [6.45, 7) is 2.50. The molecule has 0 fully saturated rings. The Kier molecular flexibility index (Phi) is 22.8. The number of hydrogen-bond acceptors (Lipinski definition) is 2. The number of carbonyl (C=O) groups is 2. The molecule has 0 saturated carbocycles. The summed E-state index contributed by atoms with van der Waals surface area (Å²) in [7, 11) is 0. The van der Waals surface area contributed by atoms with E-state index in [1.807, 2.05) is 6.92 Å². The van der Waals surface area contributed by atoms with Crippen LogP contribution in [0.15, 0.2) is 0 Å². The Morgan fingerprint density at radius 3 is 1.82 bits per heavy atom. The largest absolute Gasteiger partial charge is 1.00 e. The summed E-state index contributed by atoms with van der Waals surface area (Å²) < 4.78 is 0. The molecule has 0 heterocycles. The predicted octanol–water partition coefficient (Wildman–Crippen LogP) is -2.24. The van der Waals surface area contributed by atoms with Gasteiger partial charge >= 0.3 is 51.4 Å². The van der Waals surface area contributed by atoms with Crippen LogP contribution in [0, 0.1) is 0 Å². The third kappa shape index (κ3) is 53.1. The minimum absolute atomic E-state index is 0. The van der Waals surface area contributed by atoms with Crippen molar-refractivity contribution in [2.45, 2.75) is 6.92 Å². The monoisotopic (exact) mass is 222 g/mol. The number of primary amides is 1. The molecule has 0 bridgehead atoms. The van der Waals surface area contributed by atoms with Gasteiger partial charge in [0, 0.05) is 6.54 Å². The van der Waals surface area contributed by atoms with Gasteiger partial charge in [-0.25, -0.2) is 0 Å². The molecule has 0 atom stereocenters. The van der Waals surface area contributed by atoms with Gasteiger partial charge in [-0.2, -0.15) is 0 Å². The average molecular weight is 222 g/mol. The fourth-order valence-corrected chi connectivity index (χ4v) is 0.309. The number of nitrogens with one attached hydrogen (secondary N) is 1. The van der Waals surface area contributed by atoms with E-state index in [-0.39, 0.29) is 58.1 Å². The Balaban J connectivity index is -0.0000000483. The Morgan fingerprint density at radius 1 is 1.55 bits per heavy atom. The molecular formula is C4H11KN2O2S2. The fraction of sp³-hybridized carbons (Fsp3) is 0.500. The topological polar surface area (TPSA) is 72.2 Å². The summed E-state index contributed by atoms with van der Waals surface area (Å²) >= 11 is 6.53. The fourth-order valence-electron chi connectivity index (χ4n) is 0.151. The zero-order valence-electron chi connectivity index (χ0n) is 7.50. The first-order chi connectivity index (χ1) is 4.50. The molecule has 0 aliphatic rings. The van der Waals surface area contributed by atoms with E-state index >= 15 is 0 Å². The molecule has 0 aliphatic heterocycles. The van der Waals surface area contributed by atoms with Gasteiger partial charge in [-0.15, -0.1) is 0 Å². The van der Waals surface area contributed by atoms with Crippen LogP contribution in [0.25, 0.3) is 0 Å². The van der Waals surface area contributed by atoms with Gasteiger partial charge in [0.2, 0.25) is 0 Å². The molecule has 0 aliphatic carbocycles. The SMILES string of the molecule is CCNC(=O)S.NC(=O)S.[H-].[K+]. The maximum absolute atomic E-state index is 9.80. The zero-order valence-corrected chi connectivity index (χ0v) is 11.4. The summed E-state index contributed by atoms with van der Waals surface area (Å²) in [5, 5.41) is 1.53. The van der Waals surface area contributed by atoms with Crippen LogP contribution < -0.4 is 62.4 Å². The molecule has 11 heavy (non-hydrogen) atoms. The maximum Gasteiger partial charge on any atom is 1.00 e. The number of carbonyl (C=O) groups excluding carboxylic acids is 2. The third-order valence-corrected chi connectivity index (χ3v) is 0.486. The second kappa shape index (κ2) is 13.8. The van der Waals surface area contributed by atoms with Gasteiger partial charge in [-0.1, -0.05) is 25.3 Å². The molecule has 0 radical (unpaired) electrons. The van der Waals surface area contributed by atoms with Crippen LogP contribution >= 0.6 is 25.3 Å². The first-order valence-corrected chi connectivity index (χ1v) is 3.35. The minimum Gasteiger partial charge on any atom is -1.00 e. The van der Waals surface area contributed by atoms with Crippen molar-refractivity contribution in [3.05, 3.63) is 0 Å². The van der Waals surface area contributed by atoms with Crippen molar-refractivity contribution in [2.24, 2.45) is 5.73 Å². The van der Waals surface area contributed by atoms with Crippen molar-refractivity contribution in [1.29, 1.82) is 0 Å². The molecule has 7 heteroatoms. The molecule has 0 rings (SSSR count). The third-order valence-electron chi connectivity index (χ3n) is 0.328. The second-order valence-electron chi connectivity index (χ2n) is 1.17. The molecule has 0 saturated heterocycles. The van der Waals surface area contributed by atoms with E-state index in [0.29, 0.717) is 6.54 Å². The van der Waals surface area contributed by atoms with E-state index < -0.39 is 5.24 Å². The van der Waals surface area contributed by atoms with Crippen molar-refractivity contribution >= 4 is 35.7 Å². The predicted molar refractivity (Wildman–Crippen MR) is 47.7 cm³/mol. The van der Waals surface area contributed by atoms with Crippen LogP contribution in [-0.4, -0.2) is 17.0 Å². The molecule has 0 spiro atoms. The molecule has 0 unspecified atom stereocenters. The van der Waals surface area contributed by atoms with Gasteiger partial charge in [-0.3, -0.25) is 9.59 Å². The number of rotatable bonds is 1. The molecule has 3 N–H and O–H groups in total. The number of nitrogens with two attached hydrogens (primary N) is 1. The normalized spacial score (nSPS) is 6.45. The van der Waals surface area contributed by atoms with Crippen molar-refractivity contribution in [2.75, 3.05) is 6.54 Å². The van der Waals surface area contributed by atoms with E-state index in [2.05, 4.69) is 36.3 Å². The Bertz CT molecular complexity index is 124. The summed E-state index contributed by atoms with van der Waals surface area (Å²) in [5.41, 5.74) is 4.34. The minimum atomic E-state index is -0.639. The Morgan fingerprint density at radius 2 is 1.82 bits per heavy atom. The van der Waals surface area contributed by atoms with Crippen molar-refractivity contribution in [3.8, 4) is 0 Å². The first-order valence-electron chi connectivity index (χ1n) is 2.45. The van der Waals surface area contributed by atoms with E-state index in [9.17, 15) is 4.79 Å². The average Bonchev–Trinajstić information content (AvgIpc) is 1.62. The Hall–Kier alpha value is 1.28. The van der Waals surface area contributed by atoms with Crippen molar-refractivity contribution < 1.29 is 62.4 Å². The first kappa shape index (κ1) is 18.1. The van der Waals surface area contributed by atoms with Crippen molar-refractivity contribution in [1.82, 2.24) is 5.32 Å². The van der Waals surface area contributed by atoms with Crippen molar-refractivity contribution in [3.63, 3.8) is 0 Å². The van der Waals surface area contributed by atoms with E-state index in [1.165, 1.54) is 0 Å². The van der Waals surface area contributed by atoms with Gasteiger partial charge in [0.05, 0.1) is 0 Å². The van der Waals surface area contributed by atoms with Gasteiger partial charge < -0.3 is 12.5 Å². The zero-order chi connectivity index (χ0) is 8.57. The van der Waals surface area contributed by atoms with Gasteiger partial charge in [0.15, 0.2) is 0 Å². The molecule has 2 amide bonds. The quantitative estimate of drug-likeness (QED) is 0.299. The molecular weight excluding hydrogens is 211 g/mol. The van der Waals surface area contributed by atoms with Crippen LogP contribution in [0.2, 0.25) is 0 Å². The summed E-state index contributed by atoms with van der Waals surface area (Å²) in [4.78, 5) is 18.9. The summed E-state index contributed by atoms with van der Waals surface area (Å²) in [6.07, 6.45) is 0. The smallest absolute Gasteiger partial charge is 1.00 e. The maximum atomic E-state index is 9.80. The van der Waals surface area contributed by atoms with Crippen LogP contribution in [0.5, 0.6) is 0 Å². The van der Waals surface area contributed by atoms with Gasteiger partial charge in [0.25, 0.3) is 10.5 Å². The van der Waals surface area contributed by atoms with Gasteiger partial charge in [0.1, 0.15) is 0 Å². The molecule has 4 nitrogen and oxygen atoms in total. The molecule has 62 valence electrons. The summed E-state index contributed by atoms with van der Waals surface area (Å²) in [6, 6.07) is 0. The molecule has 0 aromatic carbocycles. The standard InChI is InChI=1S/C3H7NOS.CH3NOS.K.H/c1-2-4-3(5)6;2-1(3)4;;/h2H2,1H3,(H2,4,5,6);(H3,2,3,4);;/q;;+1;-1. The van der Waals surface area contributed by atoms with E-state index in [1.54, 1.807) is 0 Å². The Labute approximate surface area is 121 Å². The number of hydrogen-bond donors (Lipinski definition) is 4.